The molecule has 6 nitrogen and oxygen atoms in total. The fourth-order valence-electron chi connectivity index (χ4n) is 2.95. The molecule has 0 unspecified atom stereocenters. The second-order valence-corrected chi connectivity index (χ2v) is 5.13. The molecule has 3 fully saturated rings. The van der Waals surface area contributed by atoms with Gasteiger partial charge in [0.2, 0.25) is 0 Å². The molecule has 1 N–H and O–H groups in total. The molecule has 3 heterocycles. The first kappa shape index (κ1) is 12.7. The normalized spacial score (nSPS) is 22.7. The summed E-state index contributed by atoms with van der Waals surface area (Å²) in [6.07, 6.45) is 3.88. The Morgan fingerprint density at radius 2 is 2.15 bits per heavy atom. The fraction of sp³-hybridized carbons (Fsp3) is 0.357. The Kier molecular flexibility index (Phi) is 3.14. The van der Waals surface area contributed by atoms with Gasteiger partial charge in [-0.05, 0) is 24.5 Å². The van der Waals surface area contributed by atoms with Crippen molar-refractivity contribution in [1.29, 1.82) is 0 Å². The van der Waals surface area contributed by atoms with Crippen molar-refractivity contribution >= 4 is 17.5 Å². The Balaban J connectivity index is 1.98. The van der Waals surface area contributed by atoms with Gasteiger partial charge in [-0.15, -0.1) is 0 Å². The van der Waals surface area contributed by atoms with E-state index in [0.717, 1.165) is 37.2 Å². The maximum Gasteiger partial charge on any atom is 0.270 e. The maximum atomic E-state index is 10.8. The van der Waals surface area contributed by atoms with Crippen molar-refractivity contribution in [3.8, 4) is 0 Å². The molecular weight excluding hydrogens is 258 g/mol. The van der Waals surface area contributed by atoms with Gasteiger partial charge in [-0.25, -0.2) is 0 Å². The minimum atomic E-state index is -0.406. The molecule has 0 aliphatic carbocycles. The largest absolute Gasteiger partial charge is 0.411 e. The zero-order valence-corrected chi connectivity index (χ0v) is 10.9. The van der Waals surface area contributed by atoms with Crippen LogP contribution >= 0.6 is 0 Å². The lowest BCUT2D eigenvalue weighted by Crippen LogP contribution is -2.46. The molecule has 104 valence electrons. The van der Waals surface area contributed by atoms with Gasteiger partial charge in [-0.3, -0.25) is 10.1 Å². The van der Waals surface area contributed by atoms with Crippen LogP contribution in [-0.4, -0.2) is 33.8 Å². The number of oxime groups is 1. The van der Waals surface area contributed by atoms with Gasteiger partial charge >= 0.3 is 0 Å². The summed E-state index contributed by atoms with van der Waals surface area (Å²) in [6, 6.07) is 6.48. The van der Waals surface area contributed by atoms with Crippen molar-refractivity contribution < 1.29 is 10.1 Å². The van der Waals surface area contributed by atoms with Crippen molar-refractivity contribution in [2.24, 2.45) is 11.1 Å². The molecule has 0 spiro atoms. The number of fused-ring (bicyclic) bond motifs is 3. The predicted octanol–water partition coefficient (Wildman–Crippen LogP) is 2.49. The Labute approximate surface area is 116 Å². The van der Waals surface area contributed by atoms with Crippen molar-refractivity contribution in [1.82, 2.24) is 4.90 Å². The van der Waals surface area contributed by atoms with Crippen LogP contribution in [0.1, 0.15) is 18.4 Å². The summed E-state index contributed by atoms with van der Waals surface area (Å²) in [5, 5.41) is 23.5. The van der Waals surface area contributed by atoms with Crippen LogP contribution in [0.15, 0.2) is 35.1 Å². The number of piperidine rings is 3. The molecule has 0 radical (unpaired) electrons. The standard InChI is InChI=1S/C14H15N3O3/c18-15-14-11-4-6-16(7-5-11)13(14)9-10-2-1-3-12(8-10)17(19)20/h1-3,8-9,11,18H,4-7H2/b13-9?,15-14-. The lowest BCUT2D eigenvalue weighted by atomic mass is 9.83. The summed E-state index contributed by atoms with van der Waals surface area (Å²) in [5.74, 6) is 0.301. The third-order valence-electron chi connectivity index (χ3n) is 3.98. The van der Waals surface area contributed by atoms with E-state index in [0.29, 0.717) is 11.6 Å². The smallest absolute Gasteiger partial charge is 0.270 e. The van der Waals surface area contributed by atoms with Crippen molar-refractivity contribution in [2.75, 3.05) is 13.1 Å². The number of nitrogens with zero attached hydrogens (tertiary/aromatic N) is 3. The summed E-state index contributed by atoms with van der Waals surface area (Å²) in [4.78, 5) is 12.6. The van der Waals surface area contributed by atoms with E-state index >= 15 is 0 Å². The van der Waals surface area contributed by atoms with Gasteiger partial charge in [-0.1, -0.05) is 17.3 Å². The van der Waals surface area contributed by atoms with Crippen LogP contribution in [0.3, 0.4) is 0 Å². The molecule has 1 aromatic carbocycles. The van der Waals surface area contributed by atoms with E-state index in [1.807, 2.05) is 12.1 Å². The van der Waals surface area contributed by atoms with Crippen molar-refractivity contribution in [3.05, 3.63) is 45.6 Å². The zero-order chi connectivity index (χ0) is 14.1. The van der Waals surface area contributed by atoms with E-state index in [-0.39, 0.29) is 5.69 Å². The second kappa shape index (κ2) is 4.96. The average molecular weight is 273 g/mol. The van der Waals surface area contributed by atoms with E-state index in [1.54, 1.807) is 6.07 Å². The summed E-state index contributed by atoms with van der Waals surface area (Å²) in [6.45, 7) is 1.90. The lowest BCUT2D eigenvalue weighted by molar-refractivity contribution is -0.384. The summed E-state index contributed by atoms with van der Waals surface area (Å²) in [5.41, 5.74) is 2.41. The van der Waals surface area contributed by atoms with E-state index in [2.05, 4.69) is 10.1 Å². The molecular formula is C14H15N3O3. The van der Waals surface area contributed by atoms with Crippen LogP contribution in [0.2, 0.25) is 0 Å². The number of hydrogen-bond donors (Lipinski definition) is 1. The second-order valence-electron chi connectivity index (χ2n) is 5.13. The first-order valence-electron chi connectivity index (χ1n) is 6.62. The van der Waals surface area contributed by atoms with Crippen LogP contribution in [0.25, 0.3) is 6.08 Å². The Morgan fingerprint density at radius 1 is 1.40 bits per heavy atom. The molecule has 0 atom stereocenters. The number of benzene rings is 1. The number of hydrogen-bond acceptors (Lipinski definition) is 5. The van der Waals surface area contributed by atoms with Crippen LogP contribution in [-0.2, 0) is 0 Å². The van der Waals surface area contributed by atoms with E-state index in [4.69, 9.17) is 0 Å². The topological polar surface area (TPSA) is 79.0 Å². The van der Waals surface area contributed by atoms with Crippen molar-refractivity contribution in [3.63, 3.8) is 0 Å². The highest BCUT2D eigenvalue weighted by Gasteiger charge is 2.35. The van der Waals surface area contributed by atoms with E-state index in [1.165, 1.54) is 12.1 Å². The fourth-order valence-corrected chi connectivity index (χ4v) is 2.95. The third kappa shape index (κ3) is 2.13. The molecule has 0 amide bonds. The molecule has 3 aliphatic rings. The third-order valence-corrected chi connectivity index (χ3v) is 3.98. The SMILES string of the molecule is O=[N+]([O-])c1cccc(C=C2/C(=N\O)C3CCN2CC3)c1. The summed E-state index contributed by atoms with van der Waals surface area (Å²) < 4.78 is 0. The Bertz CT molecular complexity index is 601. The number of allylic oxidation sites excluding steroid dienone is 1. The molecule has 20 heavy (non-hydrogen) atoms. The number of nitro groups is 1. The quantitative estimate of drug-likeness (QED) is 0.510. The van der Waals surface area contributed by atoms with E-state index < -0.39 is 4.92 Å². The highest BCUT2D eigenvalue weighted by molar-refractivity contribution is 6.05. The molecule has 6 heteroatoms. The predicted molar refractivity (Wildman–Crippen MR) is 74.6 cm³/mol. The summed E-state index contributed by atoms with van der Waals surface area (Å²) >= 11 is 0. The summed E-state index contributed by atoms with van der Waals surface area (Å²) in [7, 11) is 0. The minimum absolute atomic E-state index is 0.0674. The van der Waals surface area contributed by atoms with Crippen LogP contribution in [0.5, 0.6) is 0 Å². The van der Waals surface area contributed by atoms with E-state index in [9.17, 15) is 15.3 Å². The molecule has 3 saturated heterocycles. The van der Waals surface area contributed by atoms with Crippen LogP contribution < -0.4 is 0 Å². The first-order chi connectivity index (χ1) is 9.69. The van der Waals surface area contributed by atoms with Gasteiger partial charge in [0.15, 0.2) is 0 Å². The highest BCUT2D eigenvalue weighted by atomic mass is 16.6. The lowest BCUT2D eigenvalue weighted by Gasteiger charge is -2.42. The number of nitro benzene ring substituents is 1. The van der Waals surface area contributed by atoms with Gasteiger partial charge in [0.1, 0.15) is 5.71 Å². The molecule has 0 saturated carbocycles. The van der Waals surface area contributed by atoms with Gasteiger partial charge in [0, 0.05) is 31.1 Å². The van der Waals surface area contributed by atoms with Gasteiger partial charge < -0.3 is 10.1 Å². The van der Waals surface area contributed by atoms with Gasteiger partial charge in [0.25, 0.3) is 5.69 Å². The van der Waals surface area contributed by atoms with Gasteiger partial charge in [0.05, 0.1) is 10.6 Å². The van der Waals surface area contributed by atoms with Crippen molar-refractivity contribution in [2.45, 2.75) is 12.8 Å². The first-order valence-corrected chi connectivity index (χ1v) is 6.62. The average Bonchev–Trinajstić information content (AvgIpc) is 2.48. The number of rotatable bonds is 2. The molecule has 1 aromatic rings. The number of non-ortho nitro benzene ring substituents is 1. The molecule has 4 rings (SSSR count). The maximum absolute atomic E-state index is 10.8. The van der Waals surface area contributed by atoms with Gasteiger partial charge in [-0.2, -0.15) is 0 Å². The van der Waals surface area contributed by atoms with Crippen LogP contribution in [0, 0.1) is 16.0 Å². The highest BCUT2D eigenvalue weighted by Crippen LogP contribution is 2.33. The Hall–Kier alpha value is -2.37. The Morgan fingerprint density at radius 3 is 2.80 bits per heavy atom. The zero-order valence-electron chi connectivity index (χ0n) is 10.9. The monoisotopic (exact) mass is 273 g/mol. The molecule has 2 bridgehead atoms. The molecule has 0 aromatic heterocycles. The molecule has 3 aliphatic heterocycles. The minimum Gasteiger partial charge on any atom is -0.411 e. The van der Waals surface area contributed by atoms with Crippen LogP contribution in [0.4, 0.5) is 5.69 Å².